The molecule has 0 atom stereocenters. The third kappa shape index (κ3) is 2.84. The number of carbonyl (C=O) groups excluding carboxylic acids is 1. The molecule has 0 spiro atoms. The molecule has 0 saturated heterocycles. The summed E-state index contributed by atoms with van der Waals surface area (Å²) in [4.78, 5) is 15.1. The summed E-state index contributed by atoms with van der Waals surface area (Å²) in [6.45, 7) is 0. The first kappa shape index (κ1) is 12.1. The zero-order chi connectivity index (χ0) is 13.2. The summed E-state index contributed by atoms with van der Waals surface area (Å²) < 4.78 is 36.7. The lowest BCUT2D eigenvalue weighted by atomic mass is 10.3. The van der Waals surface area contributed by atoms with E-state index in [9.17, 15) is 18.0 Å². The van der Waals surface area contributed by atoms with Gasteiger partial charge in [-0.2, -0.15) is 23.4 Å². The minimum Gasteiger partial charge on any atom is -0.309 e. The quantitative estimate of drug-likeness (QED) is 0.757. The summed E-state index contributed by atoms with van der Waals surface area (Å²) in [5, 5.41) is 13.3. The van der Waals surface area contributed by atoms with Crippen LogP contribution >= 0.6 is 0 Å². The fourth-order valence-corrected chi connectivity index (χ4v) is 1.19. The van der Waals surface area contributed by atoms with Crippen molar-refractivity contribution in [2.75, 3.05) is 5.32 Å². The number of hydrogen-bond donors (Lipinski definition) is 3. The first-order chi connectivity index (χ1) is 8.45. The van der Waals surface area contributed by atoms with Gasteiger partial charge in [-0.1, -0.05) is 0 Å². The van der Waals surface area contributed by atoms with Crippen LogP contribution in [0, 0.1) is 0 Å². The lowest BCUT2D eigenvalue weighted by Gasteiger charge is -2.00. The Balaban J connectivity index is 1.97. The van der Waals surface area contributed by atoms with E-state index in [1.165, 1.54) is 6.33 Å². The second-order valence-electron chi connectivity index (χ2n) is 3.32. The Morgan fingerprint density at radius 3 is 2.72 bits per heavy atom. The van der Waals surface area contributed by atoms with Crippen LogP contribution in [-0.4, -0.2) is 31.3 Å². The van der Waals surface area contributed by atoms with Gasteiger partial charge in [0, 0.05) is 6.07 Å². The summed E-state index contributed by atoms with van der Waals surface area (Å²) in [5.74, 6) is -0.446. The fourth-order valence-electron chi connectivity index (χ4n) is 1.19. The van der Waals surface area contributed by atoms with Crippen molar-refractivity contribution in [3.05, 3.63) is 23.9 Å². The molecule has 7 nitrogen and oxygen atoms in total. The summed E-state index contributed by atoms with van der Waals surface area (Å²) in [6, 6.07) is 0.707. The van der Waals surface area contributed by atoms with Gasteiger partial charge in [-0.15, -0.1) is 0 Å². The highest BCUT2D eigenvalue weighted by Crippen LogP contribution is 2.28. The molecule has 3 N–H and O–H groups in total. The van der Waals surface area contributed by atoms with Crippen molar-refractivity contribution in [1.82, 2.24) is 25.4 Å². The normalized spacial score (nSPS) is 11.5. The Labute approximate surface area is 97.8 Å². The number of aromatic nitrogens is 5. The monoisotopic (exact) mass is 260 g/mol. The predicted molar refractivity (Wildman–Crippen MR) is 52.3 cm³/mol. The highest BCUT2D eigenvalue weighted by molar-refractivity contribution is 5.90. The number of hydrogen-bond acceptors (Lipinski definition) is 4. The Kier molecular flexibility index (Phi) is 3.00. The van der Waals surface area contributed by atoms with Crippen LogP contribution in [0.4, 0.5) is 19.0 Å². The molecule has 0 aliphatic heterocycles. The molecular formula is C8H7F3N6O. The van der Waals surface area contributed by atoms with Crippen molar-refractivity contribution in [1.29, 1.82) is 0 Å². The van der Waals surface area contributed by atoms with Crippen LogP contribution in [0.25, 0.3) is 0 Å². The molecule has 2 aromatic rings. The molecule has 96 valence electrons. The van der Waals surface area contributed by atoms with Crippen molar-refractivity contribution in [2.45, 2.75) is 12.6 Å². The van der Waals surface area contributed by atoms with Gasteiger partial charge < -0.3 is 5.32 Å². The average molecular weight is 260 g/mol. The Morgan fingerprint density at radius 2 is 2.17 bits per heavy atom. The lowest BCUT2D eigenvalue weighted by molar-refractivity contribution is -0.141. The molecule has 0 unspecified atom stereocenters. The number of alkyl halides is 3. The second kappa shape index (κ2) is 4.47. The van der Waals surface area contributed by atoms with Gasteiger partial charge in [0.15, 0.2) is 5.82 Å². The number of amides is 1. The summed E-state index contributed by atoms with van der Waals surface area (Å²) in [5.41, 5.74) is -1.03. The van der Waals surface area contributed by atoms with Gasteiger partial charge in [-0.25, -0.2) is 4.98 Å². The number of nitrogens with zero attached hydrogens (tertiary/aromatic N) is 3. The average Bonchev–Trinajstić information content (AvgIpc) is 2.87. The topological polar surface area (TPSA) is 99.4 Å². The molecular weight excluding hydrogens is 253 g/mol. The number of halogens is 3. The van der Waals surface area contributed by atoms with E-state index in [0.717, 1.165) is 0 Å². The predicted octanol–water partition coefficient (Wildman–Crippen LogP) is 0.728. The van der Waals surface area contributed by atoms with Crippen LogP contribution in [0.2, 0.25) is 0 Å². The maximum atomic E-state index is 12.2. The molecule has 0 saturated carbocycles. The van der Waals surface area contributed by atoms with Crippen molar-refractivity contribution < 1.29 is 18.0 Å². The lowest BCUT2D eigenvalue weighted by Crippen LogP contribution is -2.15. The van der Waals surface area contributed by atoms with Crippen LogP contribution in [0.5, 0.6) is 0 Å². The van der Waals surface area contributed by atoms with E-state index < -0.39 is 17.8 Å². The summed E-state index contributed by atoms with van der Waals surface area (Å²) in [6.07, 6.45) is -3.44. The SMILES string of the molecule is O=C(Cc1ncn[nH]1)Nc1cc(C(F)(F)F)[nH]n1. The molecule has 18 heavy (non-hydrogen) atoms. The maximum absolute atomic E-state index is 12.2. The largest absolute Gasteiger partial charge is 0.432 e. The molecule has 2 rings (SSSR count). The van der Waals surface area contributed by atoms with Gasteiger partial charge in [0.2, 0.25) is 5.91 Å². The third-order valence-corrected chi connectivity index (χ3v) is 1.94. The van der Waals surface area contributed by atoms with Crippen LogP contribution < -0.4 is 5.32 Å². The van der Waals surface area contributed by atoms with E-state index in [1.807, 2.05) is 0 Å². The van der Waals surface area contributed by atoms with E-state index in [1.54, 1.807) is 5.10 Å². The molecule has 0 aliphatic carbocycles. The Morgan fingerprint density at radius 1 is 1.39 bits per heavy atom. The smallest absolute Gasteiger partial charge is 0.309 e. The Bertz CT molecular complexity index is 531. The molecule has 1 amide bonds. The number of rotatable bonds is 3. The van der Waals surface area contributed by atoms with Crippen LogP contribution in [0.1, 0.15) is 11.5 Å². The van der Waals surface area contributed by atoms with E-state index in [-0.39, 0.29) is 12.2 Å². The molecule has 0 aliphatic rings. The minimum atomic E-state index is -4.53. The van der Waals surface area contributed by atoms with E-state index in [2.05, 4.69) is 25.6 Å². The molecule has 2 heterocycles. The number of aromatic amines is 2. The van der Waals surface area contributed by atoms with Crippen molar-refractivity contribution in [3.8, 4) is 0 Å². The van der Waals surface area contributed by atoms with E-state index in [4.69, 9.17) is 0 Å². The number of nitrogens with one attached hydrogen (secondary N) is 3. The van der Waals surface area contributed by atoms with Crippen molar-refractivity contribution in [3.63, 3.8) is 0 Å². The first-order valence-corrected chi connectivity index (χ1v) is 4.72. The minimum absolute atomic E-state index is 0.131. The molecule has 10 heteroatoms. The van der Waals surface area contributed by atoms with Crippen LogP contribution in [0.15, 0.2) is 12.4 Å². The number of H-pyrrole nitrogens is 2. The van der Waals surface area contributed by atoms with Gasteiger partial charge in [0.05, 0.1) is 6.42 Å². The molecule has 2 aromatic heterocycles. The zero-order valence-electron chi connectivity index (χ0n) is 8.75. The van der Waals surface area contributed by atoms with Gasteiger partial charge in [0.25, 0.3) is 0 Å². The standard InChI is InChI=1S/C8H7F3N6O/c9-8(10,11)4-1-6(17-15-4)14-7(18)2-5-12-3-13-16-5/h1,3H,2H2,(H,12,13,16)(H2,14,15,17,18). The van der Waals surface area contributed by atoms with Crippen molar-refractivity contribution in [2.24, 2.45) is 0 Å². The van der Waals surface area contributed by atoms with Crippen LogP contribution in [-0.2, 0) is 17.4 Å². The number of anilines is 1. The third-order valence-electron chi connectivity index (χ3n) is 1.94. The number of carbonyl (C=O) groups is 1. The second-order valence-corrected chi connectivity index (χ2v) is 3.32. The molecule has 0 radical (unpaired) electrons. The molecule has 0 bridgehead atoms. The van der Waals surface area contributed by atoms with Crippen LogP contribution in [0.3, 0.4) is 0 Å². The van der Waals surface area contributed by atoms with Crippen molar-refractivity contribution >= 4 is 11.7 Å². The highest BCUT2D eigenvalue weighted by atomic mass is 19.4. The summed E-state index contributed by atoms with van der Waals surface area (Å²) in [7, 11) is 0. The van der Waals surface area contributed by atoms with Gasteiger partial charge in [-0.3, -0.25) is 15.0 Å². The molecule has 0 fully saturated rings. The van der Waals surface area contributed by atoms with E-state index >= 15 is 0 Å². The zero-order valence-corrected chi connectivity index (χ0v) is 8.75. The van der Waals surface area contributed by atoms with Gasteiger partial charge in [0.1, 0.15) is 17.8 Å². The maximum Gasteiger partial charge on any atom is 0.432 e. The summed E-state index contributed by atoms with van der Waals surface area (Å²) >= 11 is 0. The van der Waals surface area contributed by atoms with E-state index in [0.29, 0.717) is 11.9 Å². The van der Waals surface area contributed by atoms with Gasteiger partial charge in [-0.05, 0) is 0 Å². The Hall–Kier alpha value is -2.39. The highest BCUT2D eigenvalue weighted by Gasteiger charge is 2.33. The molecule has 0 aromatic carbocycles. The first-order valence-electron chi connectivity index (χ1n) is 4.72. The fraction of sp³-hybridized carbons (Fsp3) is 0.250. The van der Waals surface area contributed by atoms with Gasteiger partial charge >= 0.3 is 6.18 Å².